The first-order valence-electron chi connectivity index (χ1n) is 7.15. The van der Waals surface area contributed by atoms with Crippen LogP contribution in [0.25, 0.3) is 0 Å². The Hall–Kier alpha value is -1.67. The normalized spacial score (nSPS) is 15.6. The summed E-state index contributed by atoms with van der Waals surface area (Å²) in [7, 11) is 3.32. The van der Waals surface area contributed by atoms with Crippen molar-refractivity contribution in [2.45, 2.75) is 18.2 Å². The van der Waals surface area contributed by atoms with Crippen molar-refractivity contribution < 1.29 is 9.47 Å². The van der Waals surface area contributed by atoms with E-state index in [0.717, 1.165) is 29.9 Å². The Morgan fingerprint density at radius 2 is 1.67 bits per heavy atom. The molecule has 1 unspecified atom stereocenters. The summed E-state index contributed by atoms with van der Waals surface area (Å²) in [5.41, 5.74) is 3.87. The molecule has 2 aromatic carbocycles. The van der Waals surface area contributed by atoms with Crippen LogP contribution < -0.4 is 9.47 Å². The van der Waals surface area contributed by atoms with Crippen LogP contribution in [0.5, 0.6) is 11.5 Å². The average Bonchev–Trinajstić information content (AvgIpc) is 2.97. The van der Waals surface area contributed by atoms with E-state index in [1.165, 1.54) is 11.1 Å². The van der Waals surface area contributed by atoms with Gasteiger partial charge in [0.15, 0.2) is 0 Å². The van der Waals surface area contributed by atoms with Gasteiger partial charge in [0.2, 0.25) is 0 Å². The molecule has 1 aliphatic rings. The van der Waals surface area contributed by atoms with E-state index in [1.807, 2.05) is 18.2 Å². The standard InChI is InChI=1S/C18H19ClO2/c1-20-15-7-8-16(17(11-15)21-2)18(19)14-9-12-5-3-4-6-13(12)10-14/h3-8,11,14,18H,9-10H2,1-2H3. The Balaban J connectivity index is 1.85. The van der Waals surface area contributed by atoms with Crippen LogP contribution in [0.3, 0.4) is 0 Å². The van der Waals surface area contributed by atoms with Crippen LogP contribution in [0.2, 0.25) is 0 Å². The van der Waals surface area contributed by atoms with Crippen LogP contribution in [-0.4, -0.2) is 14.2 Å². The summed E-state index contributed by atoms with van der Waals surface area (Å²) in [5, 5.41) is -0.0572. The Labute approximate surface area is 130 Å². The molecule has 0 saturated heterocycles. The van der Waals surface area contributed by atoms with E-state index in [0.29, 0.717) is 5.92 Å². The van der Waals surface area contributed by atoms with Gasteiger partial charge in [0, 0.05) is 11.6 Å². The fraction of sp³-hybridized carbons (Fsp3) is 0.333. The SMILES string of the molecule is COc1ccc(C(Cl)C2Cc3ccccc3C2)c(OC)c1. The maximum absolute atomic E-state index is 6.76. The molecule has 110 valence electrons. The van der Waals surface area contributed by atoms with E-state index >= 15 is 0 Å². The highest BCUT2D eigenvalue weighted by atomic mass is 35.5. The summed E-state index contributed by atoms with van der Waals surface area (Å²) in [6, 6.07) is 14.4. The van der Waals surface area contributed by atoms with Crippen LogP contribution in [0.1, 0.15) is 22.1 Å². The van der Waals surface area contributed by atoms with Gasteiger partial charge in [-0.15, -0.1) is 11.6 Å². The lowest BCUT2D eigenvalue weighted by molar-refractivity contribution is 0.387. The monoisotopic (exact) mass is 302 g/mol. The maximum atomic E-state index is 6.76. The minimum absolute atomic E-state index is 0.0572. The molecule has 0 bridgehead atoms. The number of ether oxygens (including phenoxy) is 2. The molecule has 0 saturated carbocycles. The number of hydrogen-bond donors (Lipinski definition) is 0. The van der Waals surface area contributed by atoms with Gasteiger partial charge in [-0.05, 0) is 36.0 Å². The number of fused-ring (bicyclic) bond motifs is 1. The summed E-state index contributed by atoms with van der Waals surface area (Å²) in [5.74, 6) is 1.99. The molecule has 0 radical (unpaired) electrons. The molecule has 0 aromatic heterocycles. The molecule has 0 aliphatic heterocycles. The van der Waals surface area contributed by atoms with Gasteiger partial charge in [-0.2, -0.15) is 0 Å². The zero-order chi connectivity index (χ0) is 14.8. The molecule has 0 fully saturated rings. The van der Waals surface area contributed by atoms with Gasteiger partial charge in [0.25, 0.3) is 0 Å². The van der Waals surface area contributed by atoms with Gasteiger partial charge in [0.05, 0.1) is 19.6 Å². The van der Waals surface area contributed by atoms with E-state index < -0.39 is 0 Å². The van der Waals surface area contributed by atoms with Crippen molar-refractivity contribution in [1.82, 2.24) is 0 Å². The van der Waals surface area contributed by atoms with Crippen LogP contribution >= 0.6 is 11.6 Å². The molecule has 0 heterocycles. The highest BCUT2D eigenvalue weighted by molar-refractivity contribution is 6.21. The lowest BCUT2D eigenvalue weighted by Gasteiger charge is -2.20. The molecule has 2 aromatic rings. The Morgan fingerprint density at radius 3 is 2.24 bits per heavy atom. The molecule has 21 heavy (non-hydrogen) atoms. The first kappa shape index (κ1) is 14.3. The minimum atomic E-state index is -0.0572. The highest BCUT2D eigenvalue weighted by Crippen LogP contribution is 2.42. The van der Waals surface area contributed by atoms with Crippen molar-refractivity contribution in [3.8, 4) is 11.5 Å². The first-order chi connectivity index (χ1) is 10.2. The van der Waals surface area contributed by atoms with E-state index in [9.17, 15) is 0 Å². The molecule has 2 nitrogen and oxygen atoms in total. The quantitative estimate of drug-likeness (QED) is 0.779. The highest BCUT2D eigenvalue weighted by Gasteiger charge is 2.30. The minimum Gasteiger partial charge on any atom is -0.497 e. The predicted octanol–water partition coefficient (Wildman–Crippen LogP) is 4.40. The van der Waals surface area contributed by atoms with Gasteiger partial charge >= 0.3 is 0 Å². The third kappa shape index (κ3) is 2.73. The second-order valence-corrected chi connectivity index (χ2v) is 5.92. The fourth-order valence-electron chi connectivity index (χ4n) is 3.10. The molecule has 1 aliphatic carbocycles. The zero-order valence-corrected chi connectivity index (χ0v) is 13.1. The number of halogens is 1. The fourth-order valence-corrected chi connectivity index (χ4v) is 3.46. The van der Waals surface area contributed by atoms with E-state index in [4.69, 9.17) is 21.1 Å². The number of alkyl halides is 1. The first-order valence-corrected chi connectivity index (χ1v) is 7.59. The molecule has 3 rings (SSSR count). The van der Waals surface area contributed by atoms with Gasteiger partial charge in [-0.25, -0.2) is 0 Å². The molecule has 0 N–H and O–H groups in total. The smallest absolute Gasteiger partial charge is 0.127 e. The lowest BCUT2D eigenvalue weighted by atomic mass is 9.95. The van der Waals surface area contributed by atoms with E-state index in [-0.39, 0.29) is 5.38 Å². The predicted molar refractivity (Wildman–Crippen MR) is 85.5 cm³/mol. The summed E-state index contributed by atoms with van der Waals surface area (Å²) in [4.78, 5) is 0. The van der Waals surface area contributed by atoms with Crippen molar-refractivity contribution >= 4 is 11.6 Å². The number of hydrogen-bond acceptors (Lipinski definition) is 2. The summed E-state index contributed by atoms with van der Waals surface area (Å²) in [6.07, 6.45) is 2.05. The molecule has 0 amide bonds. The Kier molecular flexibility index (Phi) is 4.07. The van der Waals surface area contributed by atoms with Crippen molar-refractivity contribution in [1.29, 1.82) is 0 Å². The maximum Gasteiger partial charge on any atom is 0.127 e. The number of rotatable bonds is 4. The largest absolute Gasteiger partial charge is 0.497 e. The third-order valence-corrected chi connectivity index (χ3v) is 4.83. The third-order valence-electron chi connectivity index (χ3n) is 4.23. The van der Waals surface area contributed by atoms with Gasteiger partial charge < -0.3 is 9.47 Å². The second kappa shape index (κ2) is 5.98. The summed E-state index contributed by atoms with van der Waals surface area (Å²) >= 11 is 6.76. The van der Waals surface area contributed by atoms with Crippen molar-refractivity contribution in [3.05, 3.63) is 59.2 Å². The second-order valence-electron chi connectivity index (χ2n) is 5.45. The topological polar surface area (TPSA) is 18.5 Å². The van der Waals surface area contributed by atoms with Crippen molar-refractivity contribution in [3.63, 3.8) is 0 Å². The average molecular weight is 303 g/mol. The van der Waals surface area contributed by atoms with Crippen LogP contribution in [0.4, 0.5) is 0 Å². The van der Waals surface area contributed by atoms with Crippen LogP contribution in [0.15, 0.2) is 42.5 Å². The molecule has 3 heteroatoms. The number of benzene rings is 2. The van der Waals surface area contributed by atoms with Gasteiger partial charge in [-0.1, -0.05) is 30.3 Å². The summed E-state index contributed by atoms with van der Waals surface area (Å²) in [6.45, 7) is 0. The Morgan fingerprint density at radius 1 is 1.00 bits per heavy atom. The van der Waals surface area contributed by atoms with Gasteiger partial charge in [-0.3, -0.25) is 0 Å². The van der Waals surface area contributed by atoms with Crippen LogP contribution in [0, 0.1) is 5.92 Å². The molecule has 1 atom stereocenters. The van der Waals surface area contributed by atoms with Crippen molar-refractivity contribution in [2.75, 3.05) is 14.2 Å². The molecular formula is C18H19ClO2. The van der Waals surface area contributed by atoms with Gasteiger partial charge in [0.1, 0.15) is 11.5 Å². The van der Waals surface area contributed by atoms with E-state index in [1.54, 1.807) is 14.2 Å². The zero-order valence-electron chi connectivity index (χ0n) is 12.3. The van der Waals surface area contributed by atoms with E-state index in [2.05, 4.69) is 24.3 Å². The van der Waals surface area contributed by atoms with Crippen LogP contribution in [-0.2, 0) is 12.8 Å². The molecular weight excluding hydrogens is 284 g/mol. The van der Waals surface area contributed by atoms with Crippen molar-refractivity contribution in [2.24, 2.45) is 5.92 Å². The molecule has 0 spiro atoms. The lowest BCUT2D eigenvalue weighted by Crippen LogP contribution is -2.09. The summed E-state index contributed by atoms with van der Waals surface area (Å²) < 4.78 is 10.7. The number of methoxy groups -OCH3 is 2. The Bertz CT molecular complexity index is 614.